The summed E-state index contributed by atoms with van der Waals surface area (Å²) in [5.74, 6) is 0. The molecule has 2 nitrogen and oxygen atoms in total. The molecule has 0 saturated carbocycles. The van der Waals surface area contributed by atoms with Crippen LogP contribution in [0.5, 0.6) is 0 Å². The van der Waals surface area contributed by atoms with E-state index in [1.165, 1.54) is 22.2 Å². The normalized spacial score (nSPS) is 21.9. The molecule has 0 aliphatic carbocycles. The van der Waals surface area contributed by atoms with Crippen LogP contribution in [-0.4, -0.2) is 31.1 Å². The molecule has 1 aliphatic rings. The predicted octanol–water partition coefficient (Wildman–Crippen LogP) is 3.06. The molecular formula is C11H14ClIN2. The number of benzene rings is 1. The van der Waals surface area contributed by atoms with Gasteiger partial charge in [0.25, 0.3) is 0 Å². The summed E-state index contributed by atoms with van der Waals surface area (Å²) in [6.07, 6.45) is 1.22. The van der Waals surface area contributed by atoms with Gasteiger partial charge in [-0.2, -0.15) is 0 Å². The molecule has 1 saturated heterocycles. The predicted molar refractivity (Wildman–Crippen MR) is 73.7 cm³/mol. The van der Waals surface area contributed by atoms with Crippen LogP contribution in [0.1, 0.15) is 6.42 Å². The lowest BCUT2D eigenvalue weighted by Gasteiger charge is -2.15. The Hall–Kier alpha value is -0.000000000000000111. The Balaban J connectivity index is 2.04. The monoisotopic (exact) mass is 336 g/mol. The molecule has 0 amide bonds. The summed E-state index contributed by atoms with van der Waals surface area (Å²) in [5, 5.41) is 4.36. The number of anilines is 1. The first kappa shape index (κ1) is 11.5. The van der Waals surface area contributed by atoms with Crippen LogP contribution >= 0.6 is 34.2 Å². The lowest BCUT2D eigenvalue weighted by Crippen LogP contribution is -2.23. The molecule has 1 heterocycles. The lowest BCUT2D eigenvalue weighted by atomic mass is 10.2. The van der Waals surface area contributed by atoms with Crippen molar-refractivity contribution in [2.75, 3.05) is 25.5 Å². The van der Waals surface area contributed by atoms with Gasteiger partial charge in [-0.1, -0.05) is 11.6 Å². The van der Waals surface area contributed by atoms with Crippen molar-refractivity contribution < 1.29 is 0 Å². The standard InChI is InChI=1S/C11H14ClIN2/c1-15-5-4-9(7-15)14-11-3-2-8(12)6-10(11)13/h2-3,6,9,14H,4-5,7H2,1H3. The second-order valence-corrected chi connectivity index (χ2v) is 5.61. The topological polar surface area (TPSA) is 15.3 Å². The molecule has 0 radical (unpaired) electrons. The smallest absolute Gasteiger partial charge is 0.0479 e. The SMILES string of the molecule is CN1CCC(Nc2ccc(Cl)cc2I)C1. The Labute approximate surface area is 109 Å². The van der Waals surface area contributed by atoms with Crippen LogP contribution in [-0.2, 0) is 0 Å². The van der Waals surface area contributed by atoms with Gasteiger partial charge in [0.15, 0.2) is 0 Å². The maximum Gasteiger partial charge on any atom is 0.0479 e. The van der Waals surface area contributed by atoms with Gasteiger partial charge >= 0.3 is 0 Å². The van der Waals surface area contributed by atoms with E-state index in [9.17, 15) is 0 Å². The minimum Gasteiger partial charge on any atom is -0.380 e. The molecule has 1 atom stereocenters. The van der Waals surface area contributed by atoms with E-state index in [1.807, 2.05) is 12.1 Å². The molecule has 2 rings (SSSR count). The van der Waals surface area contributed by atoms with Gasteiger partial charge in [0.1, 0.15) is 0 Å². The zero-order chi connectivity index (χ0) is 10.8. The van der Waals surface area contributed by atoms with E-state index in [0.29, 0.717) is 6.04 Å². The van der Waals surface area contributed by atoms with Crippen LogP contribution in [0.2, 0.25) is 5.02 Å². The highest BCUT2D eigenvalue weighted by molar-refractivity contribution is 14.1. The summed E-state index contributed by atoms with van der Waals surface area (Å²) in [7, 11) is 2.16. The number of rotatable bonds is 2. The van der Waals surface area contributed by atoms with Crippen LogP contribution in [0.3, 0.4) is 0 Å². The zero-order valence-corrected chi connectivity index (χ0v) is 11.5. The quantitative estimate of drug-likeness (QED) is 0.835. The summed E-state index contributed by atoms with van der Waals surface area (Å²) < 4.78 is 1.19. The number of likely N-dealkylation sites (tertiary alicyclic amines) is 1. The van der Waals surface area contributed by atoms with Gasteiger partial charge in [0, 0.05) is 26.9 Å². The Bertz CT molecular complexity index is 356. The first-order valence-corrected chi connectivity index (χ1v) is 6.51. The highest BCUT2D eigenvalue weighted by atomic mass is 127. The molecular weight excluding hydrogens is 322 g/mol. The van der Waals surface area contributed by atoms with Crippen LogP contribution in [0.25, 0.3) is 0 Å². The minimum atomic E-state index is 0.574. The summed E-state index contributed by atoms with van der Waals surface area (Å²) in [6, 6.07) is 6.56. The Morgan fingerprint density at radius 2 is 2.33 bits per heavy atom. The van der Waals surface area contributed by atoms with Crippen LogP contribution in [0, 0.1) is 3.57 Å². The van der Waals surface area contributed by atoms with Gasteiger partial charge < -0.3 is 10.2 Å². The number of hydrogen-bond acceptors (Lipinski definition) is 2. The molecule has 1 aliphatic heterocycles. The largest absolute Gasteiger partial charge is 0.380 e. The molecule has 1 aromatic carbocycles. The van der Waals surface area contributed by atoms with E-state index in [1.54, 1.807) is 0 Å². The molecule has 1 aromatic rings. The summed E-state index contributed by atoms with van der Waals surface area (Å²) in [4.78, 5) is 2.35. The molecule has 0 bridgehead atoms. The fourth-order valence-electron chi connectivity index (χ4n) is 1.88. The molecule has 4 heteroatoms. The van der Waals surface area contributed by atoms with Crippen LogP contribution in [0.4, 0.5) is 5.69 Å². The van der Waals surface area contributed by atoms with Crippen molar-refractivity contribution in [1.82, 2.24) is 4.90 Å². The van der Waals surface area contributed by atoms with Crippen molar-refractivity contribution in [3.8, 4) is 0 Å². The maximum atomic E-state index is 5.92. The molecule has 0 aromatic heterocycles. The second-order valence-electron chi connectivity index (χ2n) is 4.02. The molecule has 1 unspecified atom stereocenters. The third kappa shape index (κ3) is 2.98. The number of hydrogen-bond donors (Lipinski definition) is 1. The summed E-state index contributed by atoms with van der Waals surface area (Å²) in [6.45, 7) is 2.31. The van der Waals surface area contributed by atoms with E-state index in [-0.39, 0.29) is 0 Å². The Kier molecular flexibility index (Phi) is 3.74. The van der Waals surface area contributed by atoms with Gasteiger partial charge in [-0.3, -0.25) is 0 Å². The van der Waals surface area contributed by atoms with E-state index < -0.39 is 0 Å². The highest BCUT2D eigenvalue weighted by Crippen LogP contribution is 2.24. The highest BCUT2D eigenvalue weighted by Gasteiger charge is 2.19. The van der Waals surface area contributed by atoms with E-state index in [2.05, 4.69) is 45.9 Å². The van der Waals surface area contributed by atoms with Gasteiger partial charge in [0.2, 0.25) is 0 Å². The van der Waals surface area contributed by atoms with Crippen molar-refractivity contribution in [2.24, 2.45) is 0 Å². The minimum absolute atomic E-state index is 0.574. The lowest BCUT2D eigenvalue weighted by molar-refractivity contribution is 0.414. The molecule has 1 N–H and O–H groups in total. The second kappa shape index (κ2) is 4.89. The third-order valence-corrected chi connectivity index (χ3v) is 3.81. The Morgan fingerprint density at radius 3 is 2.93 bits per heavy atom. The fraction of sp³-hybridized carbons (Fsp3) is 0.455. The van der Waals surface area contributed by atoms with Crippen molar-refractivity contribution in [3.05, 3.63) is 26.8 Å². The molecule has 15 heavy (non-hydrogen) atoms. The van der Waals surface area contributed by atoms with Crippen molar-refractivity contribution in [2.45, 2.75) is 12.5 Å². The molecule has 0 spiro atoms. The van der Waals surface area contributed by atoms with E-state index in [0.717, 1.165) is 11.6 Å². The van der Waals surface area contributed by atoms with Crippen molar-refractivity contribution >= 4 is 39.9 Å². The molecule has 82 valence electrons. The number of likely N-dealkylation sites (N-methyl/N-ethyl adjacent to an activating group) is 1. The van der Waals surface area contributed by atoms with Gasteiger partial charge in [0.05, 0.1) is 0 Å². The fourth-order valence-corrected chi connectivity index (χ4v) is 2.91. The number of nitrogens with zero attached hydrogens (tertiary/aromatic N) is 1. The maximum absolute atomic E-state index is 5.92. The Morgan fingerprint density at radius 1 is 1.53 bits per heavy atom. The van der Waals surface area contributed by atoms with Crippen molar-refractivity contribution in [3.63, 3.8) is 0 Å². The number of halogens is 2. The molecule has 1 fully saturated rings. The van der Waals surface area contributed by atoms with E-state index >= 15 is 0 Å². The van der Waals surface area contributed by atoms with Crippen molar-refractivity contribution in [1.29, 1.82) is 0 Å². The van der Waals surface area contributed by atoms with E-state index in [4.69, 9.17) is 11.6 Å². The zero-order valence-electron chi connectivity index (χ0n) is 8.63. The van der Waals surface area contributed by atoms with Crippen LogP contribution in [0.15, 0.2) is 18.2 Å². The first-order chi connectivity index (χ1) is 7.15. The average Bonchev–Trinajstić information content (AvgIpc) is 2.56. The van der Waals surface area contributed by atoms with Gasteiger partial charge in [-0.05, 0) is 60.8 Å². The summed E-state index contributed by atoms with van der Waals surface area (Å²) >= 11 is 8.23. The average molecular weight is 337 g/mol. The van der Waals surface area contributed by atoms with Gasteiger partial charge in [-0.15, -0.1) is 0 Å². The van der Waals surface area contributed by atoms with Gasteiger partial charge in [-0.25, -0.2) is 0 Å². The summed E-state index contributed by atoms with van der Waals surface area (Å²) in [5.41, 5.74) is 1.19. The third-order valence-electron chi connectivity index (χ3n) is 2.68. The number of nitrogens with one attached hydrogen (secondary N) is 1. The first-order valence-electron chi connectivity index (χ1n) is 5.05. The van der Waals surface area contributed by atoms with Crippen LogP contribution < -0.4 is 5.32 Å².